The van der Waals surface area contributed by atoms with E-state index in [1.54, 1.807) is 0 Å². The Bertz CT molecular complexity index is 569. The summed E-state index contributed by atoms with van der Waals surface area (Å²) in [4.78, 5) is 2.16. The van der Waals surface area contributed by atoms with Gasteiger partial charge in [0.1, 0.15) is 0 Å². The van der Waals surface area contributed by atoms with Crippen molar-refractivity contribution in [3.05, 3.63) is 71.8 Å². The molecule has 3 nitrogen and oxygen atoms in total. The first kappa shape index (κ1) is 16.5. The summed E-state index contributed by atoms with van der Waals surface area (Å²) < 4.78 is 0. The molecule has 2 aromatic rings. The lowest BCUT2D eigenvalue weighted by molar-refractivity contribution is 0.362. The molecule has 0 aliphatic rings. The molecule has 0 aliphatic carbocycles. The lowest BCUT2D eigenvalue weighted by Gasteiger charge is -2.24. The molecule has 0 aromatic heterocycles. The maximum atomic E-state index is 5.44. The molecule has 0 fully saturated rings. The summed E-state index contributed by atoms with van der Waals surface area (Å²) in [6, 6.07) is 20.8. The summed E-state index contributed by atoms with van der Waals surface area (Å²) in [5, 5.41) is 7.37. The second-order valence-corrected chi connectivity index (χ2v) is 5.95. The molecule has 116 valence electrons. The van der Waals surface area contributed by atoms with E-state index in [0.29, 0.717) is 5.11 Å². The summed E-state index contributed by atoms with van der Waals surface area (Å²) in [7, 11) is 4.14. The molecular formula is C18H23N3S. The minimum atomic E-state index is 0.173. The van der Waals surface area contributed by atoms with Gasteiger partial charge in [-0.3, -0.25) is 0 Å². The molecule has 1 atom stereocenters. The number of thiocarbonyl (C=S) groups is 1. The first-order valence-electron chi connectivity index (χ1n) is 7.43. The largest absolute Gasteiger partial charge is 0.359 e. The van der Waals surface area contributed by atoms with Gasteiger partial charge in [0.05, 0.1) is 6.04 Å². The Morgan fingerprint density at radius 2 is 1.59 bits per heavy atom. The van der Waals surface area contributed by atoms with Crippen molar-refractivity contribution in [3.63, 3.8) is 0 Å². The average molecular weight is 313 g/mol. The molecule has 0 aliphatic heterocycles. The van der Waals surface area contributed by atoms with Crippen LogP contribution in [0.15, 0.2) is 60.7 Å². The predicted octanol–water partition coefficient (Wildman–Crippen LogP) is 2.95. The highest BCUT2D eigenvalue weighted by Crippen LogP contribution is 2.13. The Morgan fingerprint density at radius 3 is 2.18 bits per heavy atom. The van der Waals surface area contributed by atoms with Crippen LogP contribution in [0.5, 0.6) is 0 Å². The minimum absolute atomic E-state index is 0.173. The molecule has 0 saturated heterocycles. The van der Waals surface area contributed by atoms with Crippen LogP contribution in [0.25, 0.3) is 0 Å². The fourth-order valence-corrected chi connectivity index (χ4v) is 2.49. The first-order valence-corrected chi connectivity index (χ1v) is 7.84. The van der Waals surface area contributed by atoms with E-state index in [-0.39, 0.29) is 6.04 Å². The van der Waals surface area contributed by atoms with Gasteiger partial charge in [0.2, 0.25) is 0 Å². The van der Waals surface area contributed by atoms with Crippen LogP contribution in [0.4, 0.5) is 0 Å². The Hall–Kier alpha value is -1.91. The van der Waals surface area contributed by atoms with Gasteiger partial charge in [0.15, 0.2) is 5.11 Å². The molecule has 22 heavy (non-hydrogen) atoms. The molecule has 2 aromatic carbocycles. The summed E-state index contributed by atoms with van der Waals surface area (Å²) in [6.07, 6.45) is 0. The van der Waals surface area contributed by atoms with Gasteiger partial charge < -0.3 is 15.5 Å². The molecule has 0 amide bonds. The highest BCUT2D eigenvalue weighted by Gasteiger charge is 2.13. The molecule has 0 unspecified atom stereocenters. The molecule has 0 bridgehead atoms. The molecule has 0 saturated carbocycles. The van der Waals surface area contributed by atoms with Crippen molar-refractivity contribution in [2.75, 3.05) is 20.6 Å². The van der Waals surface area contributed by atoms with E-state index in [2.05, 4.69) is 66.0 Å². The zero-order valence-electron chi connectivity index (χ0n) is 13.1. The van der Waals surface area contributed by atoms with Gasteiger partial charge >= 0.3 is 0 Å². The maximum absolute atomic E-state index is 5.44. The fourth-order valence-electron chi connectivity index (χ4n) is 2.27. The standard InChI is InChI=1S/C18H23N3S/c1-21(2)14-17(16-11-7-4-8-12-16)20-18(22)19-13-15-9-5-3-6-10-15/h3-12,17H,13-14H2,1-2H3,(H2,19,20,22)/t17-/m0/s1. The van der Waals surface area contributed by atoms with Crippen molar-refractivity contribution in [2.45, 2.75) is 12.6 Å². The second kappa shape index (κ2) is 8.51. The van der Waals surface area contributed by atoms with Crippen molar-refractivity contribution in [2.24, 2.45) is 0 Å². The minimum Gasteiger partial charge on any atom is -0.359 e. The maximum Gasteiger partial charge on any atom is 0.167 e. The van der Waals surface area contributed by atoms with Crippen LogP contribution < -0.4 is 10.6 Å². The first-order chi connectivity index (χ1) is 10.6. The van der Waals surface area contributed by atoms with E-state index < -0.39 is 0 Å². The lowest BCUT2D eigenvalue weighted by atomic mass is 10.1. The van der Waals surface area contributed by atoms with E-state index >= 15 is 0 Å². The van der Waals surface area contributed by atoms with E-state index in [4.69, 9.17) is 12.2 Å². The molecule has 0 radical (unpaired) electrons. The van der Waals surface area contributed by atoms with E-state index in [0.717, 1.165) is 13.1 Å². The Labute approximate surface area is 138 Å². The molecule has 0 heterocycles. The van der Waals surface area contributed by atoms with Crippen LogP contribution in [0, 0.1) is 0 Å². The van der Waals surface area contributed by atoms with E-state index in [9.17, 15) is 0 Å². The van der Waals surface area contributed by atoms with Gasteiger partial charge in [0.25, 0.3) is 0 Å². The van der Waals surface area contributed by atoms with Crippen molar-refractivity contribution < 1.29 is 0 Å². The Balaban J connectivity index is 1.93. The van der Waals surface area contributed by atoms with Gasteiger partial charge in [-0.15, -0.1) is 0 Å². The van der Waals surface area contributed by atoms with Crippen LogP contribution in [0.2, 0.25) is 0 Å². The zero-order valence-corrected chi connectivity index (χ0v) is 13.9. The lowest BCUT2D eigenvalue weighted by Crippen LogP contribution is -2.40. The third-order valence-corrected chi connectivity index (χ3v) is 3.61. The predicted molar refractivity (Wildman–Crippen MR) is 96.8 cm³/mol. The second-order valence-electron chi connectivity index (χ2n) is 5.54. The van der Waals surface area contributed by atoms with Crippen molar-refractivity contribution >= 4 is 17.3 Å². The van der Waals surface area contributed by atoms with Crippen molar-refractivity contribution in [1.82, 2.24) is 15.5 Å². The molecular weight excluding hydrogens is 290 g/mol. The number of likely N-dealkylation sites (N-methyl/N-ethyl adjacent to an activating group) is 1. The SMILES string of the molecule is CN(C)C[C@H](NC(=S)NCc1ccccc1)c1ccccc1. The quantitative estimate of drug-likeness (QED) is 0.802. The van der Waals surface area contributed by atoms with Gasteiger partial charge in [-0.2, -0.15) is 0 Å². The normalized spacial score (nSPS) is 12.0. The van der Waals surface area contributed by atoms with Crippen LogP contribution in [0.3, 0.4) is 0 Å². The number of hydrogen-bond acceptors (Lipinski definition) is 2. The Kier molecular flexibility index (Phi) is 6.37. The topological polar surface area (TPSA) is 27.3 Å². The van der Waals surface area contributed by atoms with E-state index in [1.165, 1.54) is 11.1 Å². The van der Waals surface area contributed by atoms with Gasteiger partial charge in [-0.05, 0) is 37.4 Å². The number of benzene rings is 2. The number of nitrogens with zero attached hydrogens (tertiary/aromatic N) is 1. The fraction of sp³-hybridized carbons (Fsp3) is 0.278. The summed E-state index contributed by atoms with van der Waals surface area (Å²) in [6.45, 7) is 1.62. The molecule has 2 N–H and O–H groups in total. The molecule has 2 rings (SSSR count). The number of nitrogens with one attached hydrogen (secondary N) is 2. The smallest absolute Gasteiger partial charge is 0.167 e. The van der Waals surface area contributed by atoms with Crippen LogP contribution in [-0.4, -0.2) is 30.7 Å². The van der Waals surface area contributed by atoms with Crippen LogP contribution >= 0.6 is 12.2 Å². The summed E-state index contributed by atoms with van der Waals surface area (Å²) in [5.74, 6) is 0. The summed E-state index contributed by atoms with van der Waals surface area (Å²) in [5.41, 5.74) is 2.45. The van der Waals surface area contributed by atoms with Crippen molar-refractivity contribution in [1.29, 1.82) is 0 Å². The number of hydrogen-bond donors (Lipinski definition) is 2. The van der Waals surface area contributed by atoms with Gasteiger partial charge in [-0.1, -0.05) is 60.7 Å². The third-order valence-electron chi connectivity index (χ3n) is 3.35. The van der Waals surface area contributed by atoms with Crippen molar-refractivity contribution in [3.8, 4) is 0 Å². The Morgan fingerprint density at radius 1 is 1.00 bits per heavy atom. The van der Waals surface area contributed by atoms with Gasteiger partial charge in [-0.25, -0.2) is 0 Å². The average Bonchev–Trinajstić information content (AvgIpc) is 2.54. The highest BCUT2D eigenvalue weighted by molar-refractivity contribution is 7.80. The van der Waals surface area contributed by atoms with Crippen LogP contribution in [0.1, 0.15) is 17.2 Å². The monoisotopic (exact) mass is 313 g/mol. The summed E-state index contributed by atoms with van der Waals surface area (Å²) >= 11 is 5.44. The third kappa shape index (κ3) is 5.47. The van der Waals surface area contributed by atoms with Gasteiger partial charge in [0, 0.05) is 13.1 Å². The van der Waals surface area contributed by atoms with Crippen LogP contribution in [-0.2, 0) is 6.54 Å². The molecule has 4 heteroatoms. The highest BCUT2D eigenvalue weighted by atomic mass is 32.1. The zero-order chi connectivity index (χ0) is 15.8. The van der Waals surface area contributed by atoms with E-state index in [1.807, 2.05) is 24.3 Å². The molecule has 0 spiro atoms. The number of rotatable bonds is 6.